The Bertz CT molecular complexity index is 830. The van der Waals surface area contributed by atoms with Crippen molar-refractivity contribution in [2.75, 3.05) is 0 Å². The maximum Gasteiger partial charge on any atom is 0.416 e. The van der Waals surface area contributed by atoms with Crippen LogP contribution in [-0.2, 0) is 18.3 Å². The molecule has 0 radical (unpaired) electrons. The van der Waals surface area contributed by atoms with Gasteiger partial charge in [-0.2, -0.15) is 18.2 Å². The standard InChI is InChI=1S/C14H12F3N5OS/c1-2-10-18-13(21-20-10)24-7-11-19-12(22-23-11)8-4-3-5-9(6-8)14(15,16)17/h3-6H,2,7H2,1H3,(H,18,20,21). The second-order valence-electron chi connectivity index (χ2n) is 4.80. The van der Waals surface area contributed by atoms with Gasteiger partial charge < -0.3 is 4.52 Å². The molecule has 0 aliphatic rings. The lowest BCUT2D eigenvalue weighted by atomic mass is 10.1. The second kappa shape index (κ2) is 6.63. The molecule has 1 N–H and O–H groups in total. The van der Waals surface area contributed by atoms with Crippen molar-refractivity contribution in [3.63, 3.8) is 0 Å². The molecule has 0 saturated heterocycles. The molecule has 0 atom stereocenters. The van der Waals surface area contributed by atoms with E-state index in [9.17, 15) is 13.2 Å². The van der Waals surface area contributed by atoms with E-state index in [4.69, 9.17) is 4.52 Å². The first-order valence-corrected chi connectivity index (χ1v) is 7.98. The van der Waals surface area contributed by atoms with Crippen molar-refractivity contribution in [3.05, 3.63) is 41.5 Å². The van der Waals surface area contributed by atoms with E-state index in [1.54, 1.807) is 0 Å². The highest BCUT2D eigenvalue weighted by atomic mass is 32.2. The summed E-state index contributed by atoms with van der Waals surface area (Å²) in [7, 11) is 0. The number of aromatic amines is 1. The highest BCUT2D eigenvalue weighted by Gasteiger charge is 2.30. The number of hydrogen-bond acceptors (Lipinski definition) is 6. The molecule has 0 spiro atoms. The molecule has 126 valence electrons. The average molecular weight is 355 g/mol. The molecular formula is C14H12F3N5OS. The van der Waals surface area contributed by atoms with Crippen molar-refractivity contribution in [1.82, 2.24) is 25.3 Å². The quantitative estimate of drug-likeness (QED) is 0.703. The first kappa shape index (κ1) is 16.5. The normalized spacial score (nSPS) is 11.8. The van der Waals surface area contributed by atoms with Gasteiger partial charge in [0, 0.05) is 12.0 Å². The Kier molecular flexibility index (Phi) is 4.56. The summed E-state index contributed by atoms with van der Waals surface area (Å²) in [6, 6.07) is 4.79. The largest absolute Gasteiger partial charge is 0.416 e. The summed E-state index contributed by atoms with van der Waals surface area (Å²) in [5, 5.41) is 11.1. The molecule has 2 aromatic heterocycles. The Balaban J connectivity index is 1.71. The first-order chi connectivity index (χ1) is 11.5. The van der Waals surface area contributed by atoms with Crippen LogP contribution in [0.4, 0.5) is 13.2 Å². The molecule has 24 heavy (non-hydrogen) atoms. The number of aryl methyl sites for hydroxylation is 1. The number of nitrogens with zero attached hydrogens (tertiary/aromatic N) is 4. The molecule has 6 nitrogen and oxygen atoms in total. The van der Waals surface area contributed by atoms with E-state index in [-0.39, 0.29) is 17.3 Å². The number of alkyl halides is 3. The van der Waals surface area contributed by atoms with Gasteiger partial charge in [0.25, 0.3) is 0 Å². The average Bonchev–Trinajstić information content (AvgIpc) is 3.21. The zero-order valence-corrected chi connectivity index (χ0v) is 13.3. The molecule has 0 amide bonds. The molecule has 3 rings (SSSR count). The Morgan fingerprint density at radius 3 is 2.79 bits per heavy atom. The van der Waals surface area contributed by atoms with Crippen LogP contribution in [0.2, 0.25) is 0 Å². The summed E-state index contributed by atoms with van der Waals surface area (Å²) in [6.45, 7) is 1.95. The predicted octanol–water partition coefficient (Wildman–Crippen LogP) is 3.73. The van der Waals surface area contributed by atoms with E-state index in [2.05, 4.69) is 25.3 Å². The van der Waals surface area contributed by atoms with Gasteiger partial charge in [0.2, 0.25) is 16.9 Å². The van der Waals surface area contributed by atoms with Crippen molar-refractivity contribution < 1.29 is 17.7 Å². The van der Waals surface area contributed by atoms with Gasteiger partial charge >= 0.3 is 6.18 Å². The number of halogens is 3. The monoisotopic (exact) mass is 355 g/mol. The lowest BCUT2D eigenvalue weighted by Crippen LogP contribution is -2.04. The number of rotatable bonds is 5. The molecule has 0 saturated carbocycles. The van der Waals surface area contributed by atoms with Crippen LogP contribution in [0.1, 0.15) is 24.2 Å². The highest BCUT2D eigenvalue weighted by Crippen LogP contribution is 2.31. The van der Waals surface area contributed by atoms with Crippen LogP contribution in [-0.4, -0.2) is 25.3 Å². The molecule has 0 aliphatic carbocycles. The summed E-state index contributed by atoms with van der Waals surface area (Å²) < 4.78 is 43.3. The summed E-state index contributed by atoms with van der Waals surface area (Å²) >= 11 is 1.30. The Morgan fingerprint density at radius 2 is 2.08 bits per heavy atom. The molecule has 0 aliphatic heterocycles. The van der Waals surface area contributed by atoms with Gasteiger partial charge in [0.1, 0.15) is 5.82 Å². The number of benzene rings is 1. The van der Waals surface area contributed by atoms with Gasteiger partial charge in [-0.15, -0.1) is 5.10 Å². The maximum absolute atomic E-state index is 12.7. The van der Waals surface area contributed by atoms with Crippen LogP contribution in [0.5, 0.6) is 0 Å². The SMILES string of the molecule is CCc1nc(SCc2nc(-c3cccc(C(F)(F)F)c3)no2)n[nH]1. The topological polar surface area (TPSA) is 80.5 Å². The van der Waals surface area contributed by atoms with Crippen molar-refractivity contribution >= 4 is 11.8 Å². The summed E-state index contributed by atoms with van der Waals surface area (Å²) in [5.41, 5.74) is -0.510. The number of thioether (sulfide) groups is 1. The van der Waals surface area contributed by atoms with Crippen molar-refractivity contribution in [1.29, 1.82) is 0 Å². The zero-order valence-electron chi connectivity index (χ0n) is 12.5. The maximum atomic E-state index is 12.7. The van der Waals surface area contributed by atoms with E-state index < -0.39 is 11.7 Å². The first-order valence-electron chi connectivity index (χ1n) is 7.00. The van der Waals surface area contributed by atoms with Gasteiger partial charge in [-0.1, -0.05) is 36.0 Å². The Morgan fingerprint density at radius 1 is 1.25 bits per heavy atom. The van der Waals surface area contributed by atoms with Crippen LogP contribution >= 0.6 is 11.8 Å². The lowest BCUT2D eigenvalue weighted by Gasteiger charge is -2.06. The van der Waals surface area contributed by atoms with Crippen molar-refractivity contribution in [2.24, 2.45) is 0 Å². The van der Waals surface area contributed by atoms with Crippen LogP contribution in [0.15, 0.2) is 33.9 Å². The van der Waals surface area contributed by atoms with E-state index in [0.717, 1.165) is 24.4 Å². The predicted molar refractivity (Wildman–Crippen MR) is 80.1 cm³/mol. The minimum Gasteiger partial charge on any atom is -0.338 e. The minimum absolute atomic E-state index is 0.112. The fourth-order valence-corrected chi connectivity index (χ4v) is 2.55. The van der Waals surface area contributed by atoms with Gasteiger partial charge in [0.15, 0.2) is 0 Å². The summed E-state index contributed by atoms with van der Waals surface area (Å²) in [6.07, 6.45) is -3.67. The molecular weight excluding hydrogens is 343 g/mol. The molecule has 0 bridgehead atoms. The number of nitrogens with one attached hydrogen (secondary N) is 1. The van der Waals surface area contributed by atoms with Gasteiger partial charge in [0.05, 0.1) is 11.3 Å². The summed E-state index contributed by atoms with van der Waals surface area (Å²) in [5.74, 6) is 1.50. The third kappa shape index (κ3) is 3.75. The van der Waals surface area contributed by atoms with E-state index in [1.165, 1.54) is 23.9 Å². The van der Waals surface area contributed by atoms with Gasteiger partial charge in [-0.05, 0) is 12.1 Å². The molecule has 2 heterocycles. The lowest BCUT2D eigenvalue weighted by molar-refractivity contribution is -0.137. The second-order valence-corrected chi connectivity index (χ2v) is 5.74. The van der Waals surface area contributed by atoms with Gasteiger partial charge in [-0.25, -0.2) is 4.98 Å². The Hall–Kier alpha value is -2.36. The molecule has 0 fully saturated rings. The Labute approximate surface area is 138 Å². The fraction of sp³-hybridized carbons (Fsp3) is 0.286. The third-order valence-electron chi connectivity index (χ3n) is 3.09. The molecule has 10 heteroatoms. The van der Waals surface area contributed by atoms with Gasteiger partial charge in [-0.3, -0.25) is 5.10 Å². The number of H-pyrrole nitrogens is 1. The van der Waals surface area contributed by atoms with Crippen molar-refractivity contribution in [3.8, 4) is 11.4 Å². The molecule has 1 aromatic carbocycles. The molecule has 0 unspecified atom stereocenters. The van der Waals surface area contributed by atoms with Crippen LogP contribution in [0.3, 0.4) is 0 Å². The number of hydrogen-bond donors (Lipinski definition) is 1. The third-order valence-corrected chi connectivity index (χ3v) is 3.92. The van der Waals surface area contributed by atoms with Crippen molar-refractivity contribution in [2.45, 2.75) is 30.4 Å². The fourth-order valence-electron chi connectivity index (χ4n) is 1.89. The van der Waals surface area contributed by atoms with Crippen LogP contribution in [0, 0.1) is 0 Å². The van der Waals surface area contributed by atoms with E-state index >= 15 is 0 Å². The minimum atomic E-state index is -4.42. The molecule has 3 aromatic rings. The summed E-state index contributed by atoms with van der Waals surface area (Å²) in [4.78, 5) is 8.34. The van der Waals surface area contributed by atoms with Crippen LogP contribution < -0.4 is 0 Å². The zero-order chi connectivity index (χ0) is 17.2. The van der Waals surface area contributed by atoms with E-state index in [1.807, 2.05) is 6.92 Å². The smallest absolute Gasteiger partial charge is 0.338 e. The van der Waals surface area contributed by atoms with Crippen LogP contribution in [0.25, 0.3) is 11.4 Å². The number of aromatic nitrogens is 5. The highest BCUT2D eigenvalue weighted by molar-refractivity contribution is 7.98. The van der Waals surface area contributed by atoms with E-state index in [0.29, 0.717) is 10.9 Å².